The van der Waals surface area contributed by atoms with Crippen molar-refractivity contribution in [3.8, 4) is 0 Å². The van der Waals surface area contributed by atoms with Gasteiger partial charge in [0.05, 0.1) is 7.11 Å². The molecule has 0 heterocycles. The number of hydroxylamine groups is 2. The van der Waals surface area contributed by atoms with E-state index in [4.69, 9.17) is 10.6 Å². The molecule has 2 atom stereocenters. The van der Waals surface area contributed by atoms with Crippen LogP contribution in [0, 0.1) is 0 Å². The van der Waals surface area contributed by atoms with Crippen LogP contribution in [0.3, 0.4) is 0 Å². The van der Waals surface area contributed by atoms with Crippen molar-refractivity contribution in [2.45, 2.75) is 37.8 Å². The van der Waals surface area contributed by atoms with E-state index in [0.29, 0.717) is 12.1 Å². The lowest BCUT2D eigenvalue weighted by Crippen LogP contribution is -2.39. The average molecular weight is 158 g/mol. The molecule has 0 spiro atoms. The molecule has 0 bridgehead atoms. The molecule has 0 saturated heterocycles. The summed E-state index contributed by atoms with van der Waals surface area (Å²) in [5, 5.41) is 1.92. The van der Waals surface area contributed by atoms with E-state index in [-0.39, 0.29) is 0 Å². The van der Waals surface area contributed by atoms with E-state index in [9.17, 15) is 0 Å². The van der Waals surface area contributed by atoms with Gasteiger partial charge >= 0.3 is 0 Å². The third kappa shape index (κ3) is 2.43. The largest absolute Gasteiger partial charge is 0.328 e. The molecule has 0 aromatic heterocycles. The van der Waals surface area contributed by atoms with Gasteiger partial charge < -0.3 is 10.6 Å². The number of rotatable bonds is 2. The van der Waals surface area contributed by atoms with Gasteiger partial charge in [0.25, 0.3) is 0 Å². The van der Waals surface area contributed by atoms with Crippen LogP contribution >= 0.6 is 0 Å². The molecule has 1 aliphatic rings. The van der Waals surface area contributed by atoms with E-state index in [1.165, 1.54) is 19.3 Å². The van der Waals surface area contributed by atoms with E-state index in [2.05, 4.69) is 0 Å². The van der Waals surface area contributed by atoms with Crippen molar-refractivity contribution in [3.05, 3.63) is 0 Å². The predicted octanol–water partition coefficient (Wildman–Crippen LogP) is 0.749. The molecule has 1 saturated carbocycles. The molecule has 3 nitrogen and oxygen atoms in total. The molecule has 1 rings (SSSR count). The standard InChI is InChI=1S/C8H18N2O/c1-10(11-2)8-5-3-4-7(9)6-8/h7-8H,3-6,9H2,1-2H3. The van der Waals surface area contributed by atoms with Crippen molar-refractivity contribution >= 4 is 0 Å². The lowest BCUT2D eigenvalue weighted by molar-refractivity contribution is -0.148. The summed E-state index contributed by atoms with van der Waals surface area (Å²) >= 11 is 0. The molecule has 0 aromatic rings. The molecule has 0 aromatic carbocycles. The highest BCUT2D eigenvalue weighted by molar-refractivity contribution is 4.78. The van der Waals surface area contributed by atoms with Gasteiger partial charge in [0, 0.05) is 19.1 Å². The Morgan fingerprint density at radius 1 is 1.45 bits per heavy atom. The second-order valence-corrected chi connectivity index (χ2v) is 3.31. The quantitative estimate of drug-likeness (QED) is 0.603. The number of nitrogens with two attached hydrogens (primary N) is 1. The summed E-state index contributed by atoms with van der Waals surface area (Å²) in [6.07, 6.45) is 4.70. The smallest absolute Gasteiger partial charge is 0.0575 e. The summed E-state index contributed by atoms with van der Waals surface area (Å²) in [7, 11) is 3.68. The van der Waals surface area contributed by atoms with Gasteiger partial charge in [-0.3, -0.25) is 0 Å². The van der Waals surface area contributed by atoms with E-state index in [1.807, 2.05) is 12.1 Å². The molecule has 1 fully saturated rings. The molecule has 1 aliphatic carbocycles. The van der Waals surface area contributed by atoms with Crippen LogP contribution in [0.15, 0.2) is 0 Å². The zero-order valence-electron chi connectivity index (χ0n) is 7.42. The van der Waals surface area contributed by atoms with Crippen LogP contribution in [0.2, 0.25) is 0 Å². The maximum Gasteiger partial charge on any atom is 0.0575 e. The minimum absolute atomic E-state index is 0.381. The van der Waals surface area contributed by atoms with Gasteiger partial charge in [-0.1, -0.05) is 6.42 Å². The van der Waals surface area contributed by atoms with Gasteiger partial charge in [0.2, 0.25) is 0 Å². The Morgan fingerprint density at radius 3 is 2.73 bits per heavy atom. The summed E-state index contributed by atoms with van der Waals surface area (Å²) in [4.78, 5) is 5.12. The molecule has 0 radical (unpaired) electrons. The van der Waals surface area contributed by atoms with E-state index in [0.717, 1.165) is 6.42 Å². The van der Waals surface area contributed by atoms with Crippen LogP contribution in [0.5, 0.6) is 0 Å². The van der Waals surface area contributed by atoms with Crippen LogP contribution in [0.25, 0.3) is 0 Å². The zero-order valence-corrected chi connectivity index (χ0v) is 7.42. The first-order valence-electron chi connectivity index (χ1n) is 4.26. The third-order valence-corrected chi connectivity index (χ3v) is 2.49. The number of nitrogens with zero attached hydrogens (tertiary/aromatic N) is 1. The SMILES string of the molecule is CON(C)C1CCCC(N)C1. The van der Waals surface area contributed by atoms with Crippen LogP contribution < -0.4 is 5.73 Å². The maximum atomic E-state index is 5.84. The topological polar surface area (TPSA) is 38.5 Å². The van der Waals surface area contributed by atoms with Crippen LogP contribution in [-0.2, 0) is 4.84 Å². The van der Waals surface area contributed by atoms with Gasteiger partial charge in [-0.05, 0) is 19.3 Å². The summed E-state index contributed by atoms with van der Waals surface area (Å²) in [5.41, 5.74) is 5.84. The Labute approximate surface area is 68.5 Å². The second kappa shape index (κ2) is 4.04. The second-order valence-electron chi connectivity index (χ2n) is 3.31. The molecule has 2 unspecified atom stereocenters. The first-order valence-corrected chi connectivity index (χ1v) is 4.26. The molecular formula is C8H18N2O. The molecule has 11 heavy (non-hydrogen) atoms. The first-order chi connectivity index (χ1) is 5.24. The Hall–Kier alpha value is -0.120. The van der Waals surface area contributed by atoms with Crippen LogP contribution in [0.1, 0.15) is 25.7 Å². The Kier molecular flexibility index (Phi) is 3.30. The fourth-order valence-corrected chi connectivity index (χ4v) is 1.68. The third-order valence-electron chi connectivity index (χ3n) is 2.49. The van der Waals surface area contributed by atoms with Crippen LogP contribution in [-0.4, -0.2) is 31.3 Å². The lowest BCUT2D eigenvalue weighted by Gasteiger charge is -2.32. The van der Waals surface area contributed by atoms with Crippen molar-refractivity contribution in [3.63, 3.8) is 0 Å². The fraction of sp³-hybridized carbons (Fsp3) is 1.00. The Bertz CT molecular complexity index is 119. The van der Waals surface area contributed by atoms with Crippen molar-refractivity contribution in [2.24, 2.45) is 5.73 Å². The molecule has 0 aliphatic heterocycles. The number of hydrogen-bond acceptors (Lipinski definition) is 3. The lowest BCUT2D eigenvalue weighted by atomic mass is 9.92. The average Bonchev–Trinajstić information content (AvgIpc) is 2.03. The Balaban J connectivity index is 2.33. The Morgan fingerprint density at radius 2 is 2.18 bits per heavy atom. The molecular weight excluding hydrogens is 140 g/mol. The van der Waals surface area contributed by atoms with Gasteiger partial charge in [-0.25, -0.2) is 0 Å². The monoisotopic (exact) mass is 158 g/mol. The minimum Gasteiger partial charge on any atom is -0.328 e. The highest BCUT2D eigenvalue weighted by Crippen LogP contribution is 2.20. The van der Waals surface area contributed by atoms with Gasteiger partial charge in [0.1, 0.15) is 0 Å². The highest BCUT2D eigenvalue weighted by atomic mass is 16.7. The first kappa shape index (κ1) is 8.97. The summed E-state index contributed by atoms with van der Waals surface area (Å²) < 4.78 is 0. The summed E-state index contributed by atoms with van der Waals surface area (Å²) in [6.45, 7) is 0. The zero-order chi connectivity index (χ0) is 8.27. The van der Waals surface area contributed by atoms with Crippen LogP contribution in [0.4, 0.5) is 0 Å². The molecule has 0 amide bonds. The van der Waals surface area contributed by atoms with Gasteiger partial charge in [0.15, 0.2) is 0 Å². The van der Waals surface area contributed by atoms with Gasteiger partial charge in [-0.15, -0.1) is 0 Å². The van der Waals surface area contributed by atoms with Crippen molar-refractivity contribution in [2.75, 3.05) is 14.2 Å². The predicted molar refractivity (Wildman–Crippen MR) is 45.0 cm³/mol. The van der Waals surface area contributed by atoms with E-state index in [1.54, 1.807) is 7.11 Å². The maximum absolute atomic E-state index is 5.84. The van der Waals surface area contributed by atoms with E-state index >= 15 is 0 Å². The summed E-state index contributed by atoms with van der Waals surface area (Å²) in [5.74, 6) is 0. The highest BCUT2D eigenvalue weighted by Gasteiger charge is 2.22. The molecule has 66 valence electrons. The molecule has 3 heteroatoms. The minimum atomic E-state index is 0.381. The van der Waals surface area contributed by atoms with Gasteiger partial charge in [-0.2, -0.15) is 5.06 Å². The van der Waals surface area contributed by atoms with E-state index < -0.39 is 0 Å². The van der Waals surface area contributed by atoms with Crippen molar-refractivity contribution in [1.82, 2.24) is 5.06 Å². The normalized spacial score (nSPS) is 32.7. The van der Waals surface area contributed by atoms with Crippen molar-refractivity contribution in [1.29, 1.82) is 0 Å². The van der Waals surface area contributed by atoms with Crippen molar-refractivity contribution < 1.29 is 4.84 Å². The molecule has 2 N–H and O–H groups in total. The fourth-order valence-electron chi connectivity index (χ4n) is 1.68. The summed E-state index contributed by atoms with van der Waals surface area (Å²) in [6, 6.07) is 0.912. The number of hydrogen-bond donors (Lipinski definition) is 1.